The Balaban J connectivity index is 1.65. The fraction of sp³-hybridized carbons (Fsp3) is 0.550. The Bertz CT molecular complexity index is 1100. The van der Waals surface area contributed by atoms with E-state index in [1.54, 1.807) is 13.1 Å². The lowest BCUT2D eigenvalue weighted by atomic mass is 10.2. The van der Waals surface area contributed by atoms with Crippen LogP contribution in [0.15, 0.2) is 21.5 Å². The zero-order valence-electron chi connectivity index (χ0n) is 17.1. The molecule has 3 aromatic heterocycles. The van der Waals surface area contributed by atoms with Crippen LogP contribution >= 0.6 is 0 Å². The number of carbonyl (C=O) groups excluding carboxylic acids is 1. The van der Waals surface area contributed by atoms with Crippen molar-refractivity contribution in [2.45, 2.75) is 39.8 Å². The minimum Gasteiger partial charge on any atom is -0.459 e. The second-order valence-electron chi connectivity index (χ2n) is 7.92. The van der Waals surface area contributed by atoms with Gasteiger partial charge in [-0.05, 0) is 27.7 Å². The fourth-order valence-electron chi connectivity index (χ4n) is 4.11. The van der Waals surface area contributed by atoms with E-state index in [-0.39, 0.29) is 11.5 Å². The van der Waals surface area contributed by atoms with Crippen molar-refractivity contribution >= 4 is 27.9 Å². The second-order valence-corrected chi connectivity index (χ2v) is 7.92. The summed E-state index contributed by atoms with van der Waals surface area (Å²) < 4.78 is 8.86. The summed E-state index contributed by atoms with van der Waals surface area (Å²) in [6.45, 7) is 11.0. The van der Waals surface area contributed by atoms with Crippen LogP contribution in [0.4, 0.5) is 0 Å². The van der Waals surface area contributed by atoms with E-state index >= 15 is 0 Å². The lowest BCUT2D eigenvalue weighted by Crippen LogP contribution is -2.52. The zero-order valence-corrected chi connectivity index (χ0v) is 17.1. The van der Waals surface area contributed by atoms with E-state index < -0.39 is 6.04 Å². The second kappa shape index (κ2) is 6.77. The molecule has 28 heavy (non-hydrogen) atoms. The third kappa shape index (κ3) is 2.83. The molecule has 4 heterocycles. The first kappa shape index (κ1) is 18.7. The summed E-state index contributed by atoms with van der Waals surface area (Å²) in [6, 6.07) is 1.73. The van der Waals surface area contributed by atoms with Gasteiger partial charge in [0, 0.05) is 45.3 Å². The highest BCUT2D eigenvalue weighted by Crippen LogP contribution is 2.28. The summed E-state index contributed by atoms with van der Waals surface area (Å²) in [5.74, 6) is 0.724. The maximum atomic E-state index is 13.1. The van der Waals surface area contributed by atoms with E-state index in [2.05, 4.69) is 23.8 Å². The molecule has 1 aliphatic rings. The Labute approximate surface area is 163 Å². The predicted molar refractivity (Wildman–Crippen MR) is 107 cm³/mol. The van der Waals surface area contributed by atoms with Gasteiger partial charge < -0.3 is 13.9 Å². The van der Waals surface area contributed by atoms with Gasteiger partial charge in [0.25, 0.3) is 5.56 Å². The van der Waals surface area contributed by atoms with Gasteiger partial charge in [0.2, 0.25) is 5.91 Å². The number of fused-ring (bicyclic) bond motifs is 3. The molecule has 0 N–H and O–H groups in total. The number of rotatable bonds is 3. The van der Waals surface area contributed by atoms with Gasteiger partial charge in [-0.1, -0.05) is 0 Å². The van der Waals surface area contributed by atoms with Crippen LogP contribution in [0.3, 0.4) is 0 Å². The molecule has 8 heteroatoms. The van der Waals surface area contributed by atoms with Crippen LogP contribution in [0.25, 0.3) is 22.0 Å². The Kier molecular flexibility index (Phi) is 4.53. The number of piperazine rings is 1. The molecule has 1 aliphatic heterocycles. The van der Waals surface area contributed by atoms with E-state index in [1.165, 1.54) is 4.68 Å². The highest BCUT2D eigenvalue weighted by atomic mass is 16.3. The number of aryl methyl sites for hydroxylation is 2. The Morgan fingerprint density at radius 1 is 1.18 bits per heavy atom. The van der Waals surface area contributed by atoms with E-state index in [0.717, 1.165) is 24.4 Å². The minimum absolute atomic E-state index is 0.0638. The molecule has 0 saturated carbocycles. The van der Waals surface area contributed by atoms with Crippen LogP contribution in [0.1, 0.15) is 32.6 Å². The van der Waals surface area contributed by atoms with Gasteiger partial charge in [0.15, 0.2) is 5.58 Å². The summed E-state index contributed by atoms with van der Waals surface area (Å²) in [5, 5.41) is 4.99. The monoisotopic (exact) mass is 385 g/mol. The third-order valence-corrected chi connectivity index (χ3v) is 5.83. The molecule has 4 rings (SSSR count). The quantitative estimate of drug-likeness (QED) is 0.688. The number of furan rings is 1. The summed E-state index contributed by atoms with van der Waals surface area (Å²) in [4.78, 5) is 30.3. The van der Waals surface area contributed by atoms with Gasteiger partial charge in [-0.3, -0.25) is 14.5 Å². The molecule has 1 atom stereocenters. The van der Waals surface area contributed by atoms with Gasteiger partial charge in [-0.2, -0.15) is 5.10 Å². The van der Waals surface area contributed by atoms with Crippen LogP contribution in [-0.2, 0) is 11.8 Å². The molecule has 1 saturated heterocycles. The number of carbonyl (C=O) groups is 1. The van der Waals surface area contributed by atoms with Gasteiger partial charge in [-0.15, -0.1) is 0 Å². The summed E-state index contributed by atoms with van der Waals surface area (Å²) in [6.07, 6.45) is 1.63. The summed E-state index contributed by atoms with van der Waals surface area (Å²) in [5.41, 5.74) is 1.75. The molecule has 0 spiro atoms. The lowest BCUT2D eigenvalue weighted by Gasteiger charge is -2.37. The van der Waals surface area contributed by atoms with Gasteiger partial charge in [0.05, 0.1) is 17.1 Å². The highest BCUT2D eigenvalue weighted by Gasteiger charge is 2.29. The Morgan fingerprint density at radius 2 is 1.86 bits per heavy atom. The minimum atomic E-state index is -0.648. The average Bonchev–Trinajstić information content (AvgIpc) is 3.18. The summed E-state index contributed by atoms with van der Waals surface area (Å²) in [7, 11) is 1.84. The van der Waals surface area contributed by atoms with E-state index in [0.29, 0.717) is 35.6 Å². The van der Waals surface area contributed by atoms with Gasteiger partial charge in [-0.25, -0.2) is 4.68 Å². The normalized spacial score (nSPS) is 17.1. The van der Waals surface area contributed by atoms with Crippen molar-refractivity contribution in [2.75, 3.05) is 26.2 Å². The van der Waals surface area contributed by atoms with Crippen LogP contribution in [-0.4, -0.2) is 62.3 Å². The fourth-order valence-corrected chi connectivity index (χ4v) is 4.11. The van der Waals surface area contributed by atoms with Crippen LogP contribution in [0, 0.1) is 6.92 Å². The van der Waals surface area contributed by atoms with Crippen LogP contribution in [0.5, 0.6) is 0 Å². The SMILES string of the molecule is Cc1cc2c(o1)c1cnn([C@@H](C)C(=O)N3CCN(C(C)C)CC3)c(=O)c1n2C. The molecule has 1 fully saturated rings. The number of aromatic nitrogens is 3. The first-order valence-electron chi connectivity index (χ1n) is 9.78. The molecule has 0 bridgehead atoms. The van der Waals surface area contributed by atoms with E-state index in [9.17, 15) is 9.59 Å². The van der Waals surface area contributed by atoms with Crippen molar-refractivity contribution in [3.63, 3.8) is 0 Å². The standard InChI is InChI=1S/C20H27N5O3/c1-12(2)23-6-8-24(9-7-23)19(26)14(4)25-20(27)17-15(11-21-25)18-16(22(17)5)10-13(3)28-18/h10-12,14H,6-9H2,1-5H3/t14-/m0/s1. The largest absolute Gasteiger partial charge is 0.459 e. The molecule has 0 radical (unpaired) electrons. The number of hydrogen-bond acceptors (Lipinski definition) is 5. The number of amides is 1. The lowest BCUT2D eigenvalue weighted by molar-refractivity contribution is -0.136. The van der Waals surface area contributed by atoms with Crippen molar-refractivity contribution in [1.29, 1.82) is 0 Å². The van der Waals surface area contributed by atoms with Gasteiger partial charge >= 0.3 is 0 Å². The molecule has 1 amide bonds. The topological polar surface area (TPSA) is 76.5 Å². The molecule has 0 unspecified atom stereocenters. The van der Waals surface area contributed by atoms with Crippen molar-refractivity contribution in [1.82, 2.24) is 24.1 Å². The van der Waals surface area contributed by atoms with Gasteiger partial charge in [0.1, 0.15) is 17.3 Å². The predicted octanol–water partition coefficient (Wildman–Crippen LogP) is 1.90. The molecular weight excluding hydrogens is 358 g/mol. The average molecular weight is 385 g/mol. The van der Waals surface area contributed by atoms with E-state index in [4.69, 9.17) is 4.42 Å². The Hall–Kier alpha value is -2.61. The molecule has 0 aromatic carbocycles. The number of hydrogen-bond donors (Lipinski definition) is 0. The third-order valence-electron chi connectivity index (χ3n) is 5.83. The molecular formula is C20H27N5O3. The van der Waals surface area contributed by atoms with Crippen molar-refractivity contribution in [2.24, 2.45) is 7.05 Å². The molecule has 0 aliphatic carbocycles. The Morgan fingerprint density at radius 3 is 2.50 bits per heavy atom. The van der Waals surface area contributed by atoms with Crippen LogP contribution in [0.2, 0.25) is 0 Å². The van der Waals surface area contributed by atoms with Crippen molar-refractivity contribution in [3.05, 3.63) is 28.4 Å². The first-order chi connectivity index (χ1) is 13.3. The maximum absolute atomic E-state index is 13.1. The van der Waals surface area contributed by atoms with Crippen molar-refractivity contribution in [3.8, 4) is 0 Å². The first-order valence-corrected chi connectivity index (χ1v) is 9.78. The highest BCUT2D eigenvalue weighted by molar-refractivity contribution is 6.04. The molecule has 150 valence electrons. The molecule has 8 nitrogen and oxygen atoms in total. The zero-order chi connectivity index (χ0) is 20.2. The smallest absolute Gasteiger partial charge is 0.292 e. The summed E-state index contributed by atoms with van der Waals surface area (Å²) >= 11 is 0. The van der Waals surface area contributed by atoms with Crippen molar-refractivity contribution < 1.29 is 9.21 Å². The van der Waals surface area contributed by atoms with Crippen LogP contribution < -0.4 is 5.56 Å². The number of nitrogens with zero attached hydrogens (tertiary/aromatic N) is 5. The maximum Gasteiger partial charge on any atom is 0.292 e. The molecule has 3 aromatic rings. The van der Waals surface area contributed by atoms with E-state index in [1.807, 2.05) is 29.5 Å².